The van der Waals surface area contributed by atoms with Gasteiger partial charge >= 0.3 is 5.97 Å². The maximum atomic E-state index is 12.9. The molecule has 0 spiro atoms. The smallest absolute Gasteiger partial charge is 0.324 e. The quantitative estimate of drug-likeness (QED) is 0.624. The number of carbonyl (C=O) groups is 1. The molecule has 1 atom stereocenters. The van der Waals surface area contributed by atoms with Crippen LogP contribution in [0.25, 0.3) is 0 Å². The van der Waals surface area contributed by atoms with Crippen LogP contribution in [-0.2, 0) is 26.2 Å². The Morgan fingerprint density at radius 2 is 1.71 bits per heavy atom. The fourth-order valence-corrected chi connectivity index (χ4v) is 4.67. The number of carbonyl (C=O) groups excluding carboxylic acids is 1. The second-order valence-electron chi connectivity index (χ2n) is 6.82. The Morgan fingerprint density at radius 3 is 2.36 bits per heavy atom. The molecule has 0 bridgehead atoms. The molecule has 0 heterocycles. The highest BCUT2D eigenvalue weighted by Gasteiger charge is 2.27. The summed E-state index contributed by atoms with van der Waals surface area (Å²) in [5.74, 6) is 0.0723. The van der Waals surface area contributed by atoms with Crippen molar-refractivity contribution in [3.63, 3.8) is 0 Å². The average molecular weight is 422 g/mol. The van der Waals surface area contributed by atoms with Gasteiger partial charge in [-0.25, -0.2) is 8.42 Å². The average Bonchev–Trinajstić information content (AvgIpc) is 2.66. The van der Waals surface area contributed by atoms with Crippen LogP contribution in [0.3, 0.4) is 0 Å². The van der Waals surface area contributed by atoms with Gasteiger partial charge in [-0.15, -0.1) is 0 Å². The molecule has 2 aromatic carbocycles. The van der Waals surface area contributed by atoms with Gasteiger partial charge in [-0.3, -0.25) is 4.79 Å². The summed E-state index contributed by atoms with van der Waals surface area (Å²) in [4.78, 5) is 12.8. The second-order valence-corrected chi connectivity index (χ2v) is 9.49. The van der Waals surface area contributed by atoms with Crippen LogP contribution in [0.1, 0.15) is 28.7 Å². The van der Waals surface area contributed by atoms with Gasteiger partial charge in [0.25, 0.3) is 0 Å². The summed E-state index contributed by atoms with van der Waals surface area (Å²) in [6, 6.07) is 12.0. The number of thioether (sulfide) groups is 1. The minimum absolute atomic E-state index is 0.111. The number of rotatable bonds is 9. The molecule has 0 saturated carbocycles. The zero-order chi connectivity index (χ0) is 20.7. The summed E-state index contributed by atoms with van der Waals surface area (Å²) in [6.07, 6.45) is 2.27. The van der Waals surface area contributed by atoms with Crippen molar-refractivity contribution in [2.75, 3.05) is 12.0 Å². The van der Waals surface area contributed by atoms with E-state index in [1.165, 1.54) is 0 Å². The maximum absolute atomic E-state index is 12.9. The molecular formula is C21H27NO4S2. The number of benzene rings is 2. The molecule has 7 heteroatoms. The molecule has 28 heavy (non-hydrogen) atoms. The number of hydrogen-bond acceptors (Lipinski definition) is 5. The molecule has 0 aliphatic carbocycles. The number of ether oxygens (including phenoxy) is 1. The molecule has 0 amide bonds. The van der Waals surface area contributed by atoms with E-state index in [0.717, 1.165) is 16.7 Å². The first-order valence-corrected chi connectivity index (χ1v) is 11.9. The maximum Gasteiger partial charge on any atom is 0.324 e. The normalized spacial score (nSPS) is 12.6. The van der Waals surface area contributed by atoms with Crippen molar-refractivity contribution in [1.29, 1.82) is 0 Å². The molecule has 0 aromatic heterocycles. The number of esters is 1. The summed E-state index contributed by atoms with van der Waals surface area (Å²) in [6.45, 7) is 5.66. The first-order chi connectivity index (χ1) is 13.2. The van der Waals surface area contributed by atoms with E-state index in [2.05, 4.69) is 4.72 Å². The fraction of sp³-hybridized carbons (Fsp3) is 0.381. The second kappa shape index (κ2) is 10.1. The van der Waals surface area contributed by atoms with Crippen molar-refractivity contribution in [2.45, 2.75) is 44.7 Å². The lowest BCUT2D eigenvalue weighted by Gasteiger charge is -2.18. The van der Waals surface area contributed by atoms with Crippen LogP contribution in [0.4, 0.5) is 0 Å². The largest absolute Gasteiger partial charge is 0.460 e. The van der Waals surface area contributed by atoms with Crippen LogP contribution in [-0.4, -0.2) is 32.4 Å². The van der Waals surface area contributed by atoms with Gasteiger partial charge in [-0.1, -0.05) is 42.0 Å². The summed E-state index contributed by atoms with van der Waals surface area (Å²) in [7, 11) is -3.84. The van der Waals surface area contributed by atoms with E-state index in [1.807, 2.05) is 50.4 Å². The predicted molar refractivity (Wildman–Crippen MR) is 114 cm³/mol. The van der Waals surface area contributed by atoms with Gasteiger partial charge in [0.05, 0.1) is 4.90 Å². The van der Waals surface area contributed by atoms with Crippen molar-refractivity contribution >= 4 is 27.8 Å². The van der Waals surface area contributed by atoms with E-state index >= 15 is 0 Å². The van der Waals surface area contributed by atoms with Crippen LogP contribution in [0.5, 0.6) is 0 Å². The lowest BCUT2D eigenvalue weighted by Crippen LogP contribution is -2.42. The summed E-state index contributed by atoms with van der Waals surface area (Å²) in [5, 5.41) is 0. The standard InChI is InChI=1S/C21H27NO4S2/c1-15-6-9-18(10-7-15)14-26-21(23)19(11-12-27-4)22-28(24,25)20-13-16(2)5-8-17(20)3/h5-10,13,19,22H,11-12,14H2,1-4H3/t19-/m1/s1. The van der Waals surface area contributed by atoms with E-state index < -0.39 is 22.0 Å². The monoisotopic (exact) mass is 421 g/mol. The van der Waals surface area contributed by atoms with Gasteiger partial charge in [0.15, 0.2) is 0 Å². The van der Waals surface area contributed by atoms with Crippen LogP contribution in [0.15, 0.2) is 47.4 Å². The van der Waals surface area contributed by atoms with Crippen LogP contribution >= 0.6 is 11.8 Å². The molecule has 0 unspecified atom stereocenters. The molecule has 2 aromatic rings. The molecular weight excluding hydrogens is 394 g/mol. The van der Waals surface area contributed by atoms with Crippen molar-refractivity contribution in [3.05, 3.63) is 64.7 Å². The predicted octanol–water partition coefficient (Wildman–Crippen LogP) is 3.76. The van der Waals surface area contributed by atoms with Crippen molar-refractivity contribution < 1.29 is 17.9 Å². The molecule has 2 rings (SSSR count). The van der Waals surface area contributed by atoms with Crippen molar-refractivity contribution in [1.82, 2.24) is 4.72 Å². The van der Waals surface area contributed by atoms with Gasteiger partial charge in [0, 0.05) is 0 Å². The molecule has 0 radical (unpaired) electrons. The third kappa shape index (κ3) is 6.36. The Bertz CT molecular complexity index is 909. The topological polar surface area (TPSA) is 72.5 Å². The van der Waals surface area contributed by atoms with Crippen molar-refractivity contribution in [3.8, 4) is 0 Å². The van der Waals surface area contributed by atoms with Gasteiger partial charge < -0.3 is 4.74 Å². The number of hydrogen-bond donors (Lipinski definition) is 1. The van der Waals surface area contributed by atoms with E-state index in [9.17, 15) is 13.2 Å². The van der Waals surface area contributed by atoms with Crippen LogP contribution < -0.4 is 4.72 Å². The van der Waals surface area contributed by atoms with Gasteiger partial charge in [0.1, 0.15) is 12.6 Å². The zero-order valence-electron chi connectivity index (χ0n) is 16.7. The molecule has 152 valence electrons. The Morgan fingerprint density at radius 1 is 1.07 bits per heavy atom. The van der Waals surface area contributed by atoms with Crippen LogP contribution in [0.2, 0.25) is 0 Å². The van der Waals surface area contributed by atoms with Gasteiger partial charge in [-0.2, -0.15) is 16.5 Å². The SMILES string of the molecule is CSCC[C@@H](NS(=O)(=O)c1cc(C)ccc1C)C(=O)OCc1ccc(C)cc1. The van der Waals surface area contributed by atoms with E-state index in [4.69, 9.17) is 4.74 Å². The van der Waals surface area contributed by atoms with E-state index in [-0.39, 0.29) is 11.5 Å². The van der Waals surface area contributed by atoms with Crippen LogP contribution in [0, 0.1) is 20.8 Å². The molecule has 5 nitrogen and oxygen atoms in total. The summed E-state index contributed by atoms with van der Waals surface area (Å²) < 4.78 is 33.7. The Kier molecular flexibility index (Phi) is 8.10. The number of sulfonamides is 1. The minimum atomic E-state index is -3.84. The lowest BCUT2D eigenvalue weighted by atomic mass is 10.2. The number of nitrogens with one attached hydrogen (secondary N) is 1. The first kappa shape index (κ1) is 22.5. The fourth-order valence-electron chi connectivity index (χ4n) is 2.65. The lowest BCUT2D eigenvalue weighted by molar-refractivity contribution is -0.147. The summed E-state index contributed by atoms with van der Waals surface area (Å²) in [5.41, 5.74) is 3.46. The van der Waals surface area contributed by atoms with Crippen molar-refractivity contribution in [2.24, 2.45) is 0 Å². The molecule has 0 aliphatic heterocycles. The van der Waals surface area contributed by atoms with Gasteiger partial charge in [0.2, 0.25) is 10.0 Å². The van der Waals surface area contributed by atoms with Gasteiger partial charge in [-0.05, 0) is 62.0 Å². The highest BCUT2D eigenvalue weighted by atomic mass is 32.2. The Labute approximate surface area is 171 Å². The first-order valence-electron chi connectivity index (χ1n) is 9.03. The zero-order valence-corrected chi connectivity index (χ0v) is 18.3. The Hall–Kier alpha value is -1.83. The van der Waals surface area contributed by atoms with E-state index in [1.54, 1.807) is 30.8 Å². The third-order valence-corrected chi connectivity index (χ3v) is 6.59. The molecule has 0 fully saturated rings. The highest BCUT2D eigenvalue weighted by molar-refractivity contribution is 7.98. The summed E-state index contributed by atoms with van der Waals surface area (Å²) >= 11 is 1.55. The molecule has 0 saturated heterocycles. The number of aryl methyl sites for hydroxylation is 3. The highest BCUT2D eigenvalue weighted by Crippen LogP contribution is 2.18. The third-order valence-electron chi connectivity index (χ3n) is 4.33. The minimum Gasteiger partial charge on any atom is -0.460 e. The molecule has 0 aliphatic rings. The Balaban J connectivity index is 2.14. The van der Waals surface area contributed by atoms with E-state index in [0.29, 0.717) is 17.7 Å². The molecule has 1 N–H and O–H groups in total.